The number of aliphatic hydroxyl groups is 2. The Balaban J connectivity index is 2.27. The van der Waals surface area contributed by atoms with Crippen molar-refractivity contribution < 1.29 is 28.5 Å². The van der Waals surface area contributed by atoms with Crippen molar-refractivity contribution >= 4 is 34.2 Å². The Hall–Kier alpha value is -1.98. The van der Waals surface area contributed by atoms with Gasteiger partial charge in [0.25, 0.3) is 5.91 Å². The quantitative estimate of drug-likeness (QED) is 0.393. The lowest BCUT2D eigenvalue weighted by molar-refractivity contribution is 0.0750. The van der Waals surface area contributed by atoms with Crippen molar-refractivity contribution in [1.82, 2.24) is 5.32 Å². The van der Waals surface area contributed by atoms with E-state index in [-0.39, 0.29) is 36.6 Å². The van der Waals surface area contributed by atoms with E-state index in [2.05, 4.69) is 10.6 Å². The fourth-order valence-electron chi connectivity index (χ4n) is 2.45. The average Bonchev–Trinajstić information content (AvgIpc) is 2.66. The molecule has 0 aromatic heterocycles. The zero-order valence-corrected chi connectivity index (χ0v) is 17.3. The van der Waals surface area contributed by atoms with Gasteiger partial charge < -0.3 is 25.6 Å². The first-order valence-electron chi connectivity index (χ1n) is 8.50. The lowest BCUT2D eigenvalue weighted by Crippen LogP contribution is -2.22. The highest BCUT2D eigenvalue weighted by Crippen LogP contribution is 2.29. The maximum Gasteiger partial charge on any atom is 0.256 e. The van der Waals surface area contributed by atoms with Gasteiger partial charge in [-0.2, -0.15) is 0 Å². The number of rotatable bonds is 9. The predicted octanol–water partition coefficient (Wildman–Crippen LogP) is 2.66. The highest BCUT2D eigenvalue weighted by Gasteiger charge is 2.19. The molecule has 4 N–H and O–H groups in total. The maximum atomic E-state index is 14.1. The van der Waals surface area contributed by atoms with E-state index in [0.717, 1.165) is 15.7 Å². The molecule has 0 radical (unpaired) electrons. The lowest BCUT2D eigenvalue weighted by atomic mass is 10.1. The van der Waals surface area contributed by atoms with Crippen LogP contribution in [0.3, 0.4) is 0 Å². The highest BCUT2D eigenvalue weighted by molar-refractivity contribution is 14.1. The van der Waals surface area contributed by atoms with E-state index in [1.807, 2.05) is 22.6 Å². The molecule has 0 saturated heterocycles. The Kier molecular flexibility index (Phi) is 8.39. The molecular weight excluding hydrogens is 485 g/mol. The molecule has 0 saturated carbocycles. The third-order valence-electron chi connectivity index (χ3n) is 3.92. The molecule has 2 aromatic carbocycles. The lowest BCUT2D eigenvalue weighted by Gasteiger charge is -2.17. The molecule has 0 heterocycles. The number of benzene rings is 2. The summed E-state index contributed by atoms with van der Waals surface area (Å²) in [5.74, 6) is -1.58. The van der Waals surface area contributed by atoms with Crippen molar-refractivity contribution in [2.75, 3.05) is 25.6 Å². The minimum Gasteiger partial charge on any atom is -0.492 e. The normalized spacial score (nSPS) is 11.8. The van der Waals surface area contributed by atoms with Gasteiger partial charge in [-0.3, -0.25) is 4.79 Å². The number of amides is 1. The molecule has 9 heteroatoms. The monoisotopic (exact) mass is 506 g/mol. The number of nitrogens with one attached hydrogen (secondary N) is 2. The highest BCUT2D eigenvalue weighted by atomic mass is 127. The van der Waals surface area contributed by atoms with Gasteiger partial charge in [0.1, 0.15) is 22.9 Å². The Bertz CT molecular complexity index is 836. The molecule has 0 aliphatic carbocycles. The van der Waals surface area contributed by atoms with Crippen LogP contribution in [0.5, 0.6) is 5.75 Å². The van der Waals surface area contributed by atoms with E-state index in [0.29, 0.717) is 5.56 Å². The van der Waals surface area contributed by atoms with Gasteiger partial charge in [0, 0.05) is 35.2 Å². The minimum absolute atomic E-state index is 0.0185. The predicted molar refractivity (Wildman–Crippen MR) is 109 cm³/mol. The molecule has 2 aromatic rings. The summed E-state index contributed by atoms with van der Waals surface area (Å²) >= 11 is 2.00. The van der Waals surface area contributed by atoms with Crippen molar-refractivity contribution in [3.8, 4) is 5.75 Å². The van der Waals surface area contributed by atoms with Gasteiger partial charge in [-0.05, 0) is 40.8 Å². The van der Waals surface area contributed by atoms with Gasteiger partial charge >= 0.3 is 0 Å². The van der Waals surface area contributed by atoms with Crippen molar-refractivity contribution in [2.24, 2.45) is 0 Å². The number of anilines is 1. The van der Waals surface area contributed by atoms with Crippen LogP contribution in [0.25, 0.3) is 0 Å². The number of hydrogen-bond acceptors (Lipinski definition) is 5. The van der Waals surface area contributed by atoms with Crippen molar-refractivity contribution in [3.63, 3.8) is 0 Å². The summed E-state index contributed by atoms with van der Waals surface area (Å²) in [6.07, 6.45) is -0.866. The molecule has 1 atom stereocenters. The molecule has 0 bridgehead atoms. The van der Waals surface area contributed by atoms with Gasteiger partial charge in [-0.1, -0.05) is 6.07 Å². The second-order valence-corrected chi connectivity index (χ2v) is 7.21. The van der Waals surface area contributed by atoms with Crippen LogP contribution in [-0.2, 0) is 6.54 Å². The fraction of sp³-hybridized carbons (Fsp3) is 0.316. The average molecular weight is 506 g/mol. The summed E-state index contributed by atoms with van der Waals surface area (Å²) in [7, 11) is 1.42. The smallest absolute Gasteiger partial charge is 0.256 e. The summed E-state index contributed by atoms with van der Waals surface area (Å²) in [6, 6.07) is 6.92. The largest absolute Gasteiger partial charge is 0.492 e. The molecule has 0 unspecified atom stereocenters. The minimum atomic E-state index is -0.974. The summed E-state index contributed by atoms with van der Waals surface area (Å²) in [4.78, 5) is 12.3. The third kappa shape index (κ3) is 6.01. The molecule has 0 aliphatic rings. The molecule has 28 heavy (non-hydrogen) atoms. The summed E-state index contributed by atoms with van der Waals surface area (Å²) in [6.45, 7) is -0.414. The summed E-state index contributed by atoms with van der Waals surface area (Å²) in [5, 5.41) is 23.6. The SMILES string of the molecule is CNC(=O)c1c(NCc2ccc(I)cc2F)cc(F)cc1OCC[C@@H](O)CO. The van der Waals surface area contributed by atoms with Gasteiger partial charge in [-0.15, -0.1) is 0 Å². The first-order chi connectivity index (χ1) is 13.3. The topological polar surface area (TPSA) is 90.8 Å². The molecule has 6 nitrogen and oxygen atoms in total. The van der Waals surface area contributed by atoms with Crippen LogP contribution < -0.4 is 15.4 Å². The van der Waals surface area contributed by atoms with E-state index in [9.17, 15) is 18.7 Å². The summed E-state index contributed by atoms with van der Waals surface area (Å²) < 4.78 is 34.3. The molecule has 152 valence electrons. The Labute approximate surface area is 175 Å². The number of halogens is 3. The number of hydrogen-bond donors (Lipinski definition) is 4. The molecule has 0 spiro atoms. The maximum absolute atomic E-state index is 14.1. The number of aliphatic hydroxyl groups excluding tert-OH is 2. The van der Waals surface area contributed by atoms with E-state index in [1.165, 1.54) is 13.1 Å². The zero-order chi connectivity index (χ0) is 20.7. The van der Waals surface area contributed by atoms with Crippen molar-refractivity contribution in [2.45, 2.75) is 19.1 Å². The van der Waals surface area contributed by atoms with Gasteiger partial charge in [0.15, 0.2) is 0 Å². The van der Waals surface area contributed by atoms with Crippen LogP contribution in [0, 0.1) is 15.2 Å². The van der Waals surface area contributed by atoms with E-state index in [4.69, 9.17) is 9.84 Å². The van der Waals surface area contributed by atoms with E-state index < -0.39 is 30.3 Å². The van der Waals surface area contributed by atoms with Crippen LogP contribution in [0.2, 0.25) is 0 Å². The number of ether oxygens (including phenoxy) is 1. The molecular formula is C19H21F2IN2O4. The molecule has 2 rings (SSSR count). The summed E-state index contributed by atoms with van der Waals surface area (Å²) in [5.41, 5.74) is 0.574. The third-order valence-corrected chi connectivity index (χ3v) is 4.60. The van der Waals surface area contributed by atoms with Crippen LogP contribution in [0.4, 0.5) is 14.5 Å². The molecule has 0 aliphatic heterocycles. The zero-order valence-electron chi connectivity index (χ0n) is 15.1. The second-order valence-electron chi connectivity index (χ2n) is 5.97. The standard InChI is InChI=1S/C19H21F2IN2O4/c1-23-19(27)18-16(24-9-11-2-3-13(22)8-15(11)21)6-12(20)7-17(18)28-5-4-14(26)10-25/h2-3,6-8,14,24-26H,4-5,9-10H2,1H3,(H,23,27)/t14-/m1/s1. The van der Waals surface area contributed by atoms with Crippen LogP contribution in [-0.4, -0.2) is 42.5 Å². The van der Waals surface area contributed by atoms with Crippen LogP contribution in [0.1, 0.15) is 22.3 Å². The van der Waals surface area contributed by atoms with Crippen molar-refractivity contribution in [1.29, 1.82) is 0 Å². The number of carbonyl (C=O) groups excluding carboxylic acids is 1. The Morgan fingerprint density at radius 2 is 2.04 bits per heavy atom. The van der Waals surface area contributed by atoms with Gasteiger partial charge in [-0.25, -0.2) is 8.78 Å². The fourth-order valence-corrected chi connectivity index (χ4v) is 2.90. The first-order valence-corrected chi connectivity index (χ1v) is 9.58. The molecule has 1 amide bonds. The molecule has 0 fully saturated rings. The second kappa shape index (κ2) is 10.5. The van der Waals surface area contributed by atoms with Gasteiger partial charge in [0.2, 0.25) is 0 Å². The van der Waals surface area contributed by atoms with Gasteiger partial charge in [0.05, 0.1) is 25.0 Å². The number of carbonyl (C=O) groups is 1. The van der Waals surface area contributed by atoms with Crippen LogP contribution in [0.15, 0.2) is 30.3 Å². The first kappa shape index (κ1) is 22.3. The van der Waals surface area contributed by atoms with Crippen LogP contribution >= 0.6 is 22.6 Å². The Morgan fingerprint density at radius 3 is 2.68 bits per heavy atom. The van der Waals surface area contributed by atoms with Crippen molar-refractivity contribution in [3.05, 3.63) is 56.7 Å². The van der Waals surface area contributed by atoms with E-state index >= 15 is 0 Å². The Morgan fingerprint density at radius 1 is 1.29 bits per heavy atom. The van der Waals surface area contributed by atoms with E-state index in [1.54, 1.807) is 12.1 Å².